The van der Waals surface area contributed by atoms with Crippen molar-refractivity contribution in [3.63, 3.8) is 0 Å². The Labute approximate surface area is 166 Å². The molecule has 3 amide bonds. The maximum absolute atomic E-state index is 12.9. The van der Waals surface area contributed by atoms with Crippen LogP contribution in [-0.4, -0.2) is 18.5 Å². The van der Waals surface area contributed by atoms with Gasteiger partial charge in [-0.25, -0.2) is 4.79 Å². The third-order valence-corrected chi connectivity index (χ3v) is 4.67. The standard InChI is InChI=1S/C20H20BrN3O3/c1-3-27-16-10-8-15(9-11-16)23-19(25)17-12(2)22-20(26)24-18(17)13-4-6-14(21)7-5-13/h4-11,18H,3H2,1-2H3,(H,23,25)(H2,22,24,26). The first-order chi connectivity index (χ1) is 13.0. The zero-order valence-corrected chi connectivity index (χ0v) is 16.6. The number of urea groups is 1. The lowest BCUT2D eigenvalue weighted by molar-refractivity contribution is -0.113. The van der Waals surface area contributed by atoms with Gasteiger partial charge in [0, 0.05) is 15.9 Å². The predicted molar refractivity (Wildman–Crippen MR) is 107 cm³/mol. The summed E-state index contributed by atoms with van der Waals surface area (Å²) in [5.41, 5.74) is 2.46. The Balaban J connectivity index is 1.86. The Morgan fingerprint density at radius 1 is 1.15 bits per heavy atom. The van der Waals surface area contributed by atoms with Gasteiger partial charge in [0.1, 0.15) is 5.75 Å². The maximum atomic E-state index is 12.9. The van der Waals surface area contributed by atoms with Gasteiger partial charge in [-0.1, -0.05) is 28.1 Å². The molecule has 3 N–H and O–H groups in total. The molecule has 27 heavy (non-hydrogen) atoms. The Morgan fingerprint density at radius 2 is 1.81 bits per heavy atom. The minimum absolute atomic E-state index is 0.280. The highest BCUT2D eigenvalue weighted by molar-refractivity contribution is 9.10. The molecule has 3 rings (SSSR count). The van der Waals surface area contributed by atoms with Gasteiger partial charge in [0.25, 0.3) is 5.91 Å². The molecule has 0 bridgehead atoms. The fourth-order valence-corrected chi connectivity index (χ4v) is 3.16. The molecule has 0 spiro atoms. The summed E-state index contributed by atoms with van der Waals surface area (Å²) < 4.78 is 6.34. The summed E-state index contributed by atoms with van der Waals surface area (Å²) in [6, 6.07) is 13.8. The largest absolute Gasteiger partial charge is 0.494 e. The van der Waals surface area contributed by atoms with Crippen LogP contribution in [0, 0.1) is 0 Å². The molecule has 1 unspecified atom stereocenters. The number of hydrogen-bond donors (Lipinski definition) is 3. The van der Waals surface area contributed by atoms with Gasteiger partial charge in [0.15, 0.2) is 0 Å². The van der Waals surface area contributed by atoms with Crippen LogP contribution in [0.5, 0.6) is 5.75 Å². The number of rotatable bonds is 5. The molecule has 1 aliphatic heterocycles. The van der Waals surface area contributed by atoms with E-state index in [0.29, 0.717) is 23.6 Å². The molecule has 2 aromatic carbocycles. The number of benzene rings is 2. The van der Waals surface area contributed by atoms with Crippen molar-refractivity contribution in [3.8, 4) is 5.75 Å². The first-order valence-electron chi connectivity index (χ1n) is 8.56. The highest BCUT2D eigenvalue weighted by Crippen LogP contribution is 2.29. The van der Waals surface area contributed by atoms with Crippen molar-refractivity contribution in [1.82, 2.24) is 10.6 Å². The molecule has 1 atom stereocenters. The maximum Gasteiger partial charge on any atom is 0.319 e. The van der Waals surface area contributed by atoms with Crippen molar-refractivity contribution < 1.29 is 14.3 Å². The second-order valence-electron chi connectivity index (χ2n) is 6.03. The molecule has 6 nitrogen and oxygen atoms in total. The number of hydrogen-bond acceptors (Lipinski definition) is 3. The number of amides is 3. The van der Waals surface area contributed by atoms with E-state index in [1.54, 1.807) is 31.2 Å². The summed E-state index contributed by atoms with van der Waals surface area (Å²) >= 11 is 3.40. The van der Waals surface area contributed by atoms with Gasteiger partial charge in [-0.05, 0) is 55.8 Å². The smallest absolute Gasteiger partial charge is 0.319 e. The summed E-state index contributed by atoms with van der Waals surface area (Å²) in [5.74, 6) is 0.460. The van der Waals surface area contributed by atoms with Crippen molar-refractivity contribution in [2.75, 3.05) is 11.9 Å². The monoisotopic (exact) mass is 429 g/mol. The van der Waals surface area contributed by atoms with Crippen LogP contribution < -0.4 is 20.7 Å². The lowest BCUT2D eigenvalue weighted by Crippen LogP contribution is -2.45. The normalized spacial score (nSPS) is 16.4. The van der Waals surface area contributed by atoms with Gasteiger partial charge in [-0.3, -0.25) is 4.79 Å². The molecular formula is C20H20BrN3O3. The molecule has 0 aliphatic carbocycles. The fraction of sp³-hybridized carbons (Fsp3) is 0.200. The summed E-state index contributed by atoms with van der Waals surface area (Å²) in [7, 11) is 0. The van der Waals surface area contributed by atoms with Crippen LogP contribution >= 0.6 is 15.9 Å². The number of ether oxygens (including phenoxy) is 1. The highest BCUT2D eigenvalue weighted by Gasteiger charge is 2.31. The van der Waals surface area contributed by atoms with E-state index in [-0.39, 0.29) is 11.9 Å². The molecule has 0 aromatic heterocycles. The topological polar surface area (TPSA) is 79.5 Å². The minimum Gasteiger partial charge on any atom is -0.494 e. The molecule has 2 aromatic rings. The summed E-state index contributed by atoms with van der Waals surface area (Å²) in [6.07, 6.45) is 0. The Bertz CT molecular complexity index is 876. The Hall–Kier alpha value is -2.80. The van der Waals surface area contributed by atoms with Crippen LogP contribution in [0.2, 0.25) is 0 Å². The van der Waals surface area contributed by atoms with Crippen LogP contribution in [0.3, 0.4) is 0 Å². The van der Waals surface area contributed by atoms with E-state index in [1.165, 1.54) is 0 Å². The number of anilines is 1. The van der Waals surface area contributed by atoms with Crippen LogP contribution in [0.1, 0.15) is 25.5 Å². The molecular weight excluding hydrogens is 410 g/mol. The minimum atomic E-state index is -0.533. The first-order valence-corrected chi connectivity index (χ1v) is 9.35. The van der Waals surface area contributed by atoms with Crippen molar-refractivity contribution in [2.24, 2.45) is 0 Å². The van der Waals surface area contributed by atoms with Gasteiger partial charge >= 0.3 is 6.03 Å². The molecule has 7 heteroatoms. The van der Waals surface area contributed by atoms with Gasteiger partial charge in [-0.2, -0.15) is 0 Å². The highest BCUT2D eigenvalue weighted by atomic mass is 79.9. The zero-order chi connectivity index (χ0) is 19.4. The van der Waals surface area contributed by atoms with E-state index in [9.17, 15) is 9.59 Å². The predicted octanol–water partition coefficient (Wildman–Crippen LogP) is 4.11. The SMILES string of the molecule is CCOc1ccc(NC(=O)C2=C(C)NC(=O)NC2c2ccc(Br)cc2)cc1. The number of carbonyl (C=O) groups is 2. The number of halogens is 1. The Morgan fingerprint density at radius 3 is 2.44 bits per heavy atom. The average Bonchev–Trinajstić information content (AvgIpc) is 2.63. The zero-order valence-electron chi connectivity index (χ0n) is 15.0. The van der Waals surface area contributed by atoms with Crippen molar-refractivity contribution in [1.29, 1.82) is 0 Å². The van der Waals surface area contributed by atoms with E-state index in [1.807, 2.05) is 31.2 Å². The van der Waals surface area contributed by atoms with Crippen LogP contribution in [0.15, 0.2) is 64.3 Å². The molecule has 0 fully saturated rings. The second kappa shape index (κ2) is 8.26. The molecule has 1 heterocycles. The van der Waals surface area contributed by atoms with E-state index in [4.69, 9.17) is 4.74 Å². The summed E-state index contributed by atoms with van der Waals surface area (Å²) in [5, 5.41) is 8.38. The number of allylic oxidation sites excluding steroid dienone is 1. The number of carbonyl (C=O) groups excluding carboxylic acids is 2. The first kappa shape index (κ1) is 19.0. The molecule has 1 aliphatic rings. The molecule has 140 valence electrons. The number of nitrogens with one attached hydrogen (secondary N) is 3. The van der Waals surface area contributed by atoms with E-state index in [0.717, 1.165) is 15.8 Å². The van der Waals surface area contributed by atoms with Gasteiger partial charge < -0.3 is 20.7 Å². The van der Waals surface area contributed by atoms with E-state index in [2.05, 4.69) is 31.9 Å². The molecule has 0 saturated carbocycles. The van der Waals surface area contributed by atoms with E-state index < -0.39 is 6.04 Å². The lowest BCUT2D eigenvalue weighted by atomic mass is 9.95. The van der Waals surface area contributed by atoms with Gasteiger partial charge in [0.2, 0.25) is 0 Å². The van der Waals surface area contributed by atoms with E-state index >= 15 is 0 Å². The van der Waals surface area contributed by atoms with Crippen molar-refractivity contribution >= 4 is 33.6 Å². The average molecular weight is 430 g/mol. The van der Waals surface area contributed by atoms with Gasteiger partial charge in [-0.15, -0.1) is 0 Å². The third kappa shape index (κ3) is 4.49. The molecule has 0 saturated heterocycles. The van der Waals surface area contributed by atoms with Crippen LogP contribution in [0.4, 0.5) is 10.5 Å². The summed E-state index contributed by atoms with van der Waals surface area (Å²) in [4.78, 5) is 24.9. The Kier molecular flexibility index (Phi) is 5.81. The van der Waals surface area contributed by atoms with Crippen molar-refractivity contribution in [2.45, 2.75) is 19.9 Å². The van der Waals surface area contributed by atoms with Gasteiger partial charge in [0.05, 0.1) is 18.2 Å². The summed E-state index contributed by atoms with van der Waals surface area (Å²) in [6.45, 7) is 4.22. The lowest BCUT2D eigenvalue weighted by Gasteiger charge is -2.28. The van der Waals surface area contributed by atoms with Crippen LogP contribution in [0.25, 0.3) is 0 Å². The molecule has 0 radical (unpaired) electrons. The fourth-order valence-electron chi connectivity index (χ4n) is 2.90. The second-order valence-corrected chi connectivity index (χ2v) is 6.95. The third-order valence-electron chi connectivity index (χ3n) is 4.14. The van der Waals surface area contributed by atoms with Crippen LogP contribution in [-0.2, 0) is 4.79 Å². The van der Waals surface area contributed by atoms with Crippen molar-refractivity contribution in [3.05, 3.63) is 69.8 Å². The quantitative estimate of drug-likeness (QED) is 0.668.